The van der Waals surface area contributed by atoms with Crippen LogP contribution in [-0.2, 0) is 0 Å². The lowest BCUT2D eigenvalue weighted by atomic mass is 10.0. The third kappa shape index (κ3) is 7.83. The molecular weight excluding hydrogens is 156 g/mol. The third-order valence-corrected chi connectivity index (χ3v) is 2.52. The molecule has 0 N–H and O–H groups in total. The van der Waals surface area contributed by atoms with Gasteiger partial charge in [-0.15, -0.1) is 6.58 Å². The van der Waals surface area contributed by atoms with Crippen LogP contribution < -0.4 is 0 Å². The lowest BCUT2D eigenvalue weighted by molar-refractivity contribution is 0.639. The van der Waals surface area contributed by atoms with Crippen molar-refractivity contribution in [2.45, 2.75) is 58.8 Å². The molecule has 0 aliphatic rings. The van der Waals surface area contributed by atoms with E-state index in [1.807, 2.05) is 6.08 Å². The van der Waals surface area contributed by atoms with Gasteiger partial charge in [0.2, 0.25) is 0 Å². The molecule has 0 rings (SSSR count). The smallest absolute Gasteiger partial charge is 0.0321 e. The van der Waals surface area contributed by atoms with E-state index in [-0.39, 0.29) is 0 Å². The Morgan fingerprint density at radius 1 is 1.15 bits per heavy atom. The quantitative estimate of drug-likeness (QED) is 0.369. The molecule has 0 radical (unpaired) electrons. The molecule has 0 aliphatic carbocycles. The highest BCUT2D eigenvalue weighted by Gasteiger charge is 1.93. The fraction of sp³-hybridized carbons (Fsp3) is 0.692. The molecule has 76 valence electrons. The number of allylic oxidation sites excluding steroid dienone is 3. The molecule has 0 aliphatic heterocycles. The summed E-state index contributed by atoms with van der Waals surface area (Å²) in [7, 11) is 0. The Balaban J connectivity index is 3.20. The molecule has 0 fully saturated rings. The molecule has 0 aromatic heterocycles. The van der Waals surface area contributed by atoms with Gasteiger partial charge in [-0.1, -0.05) is 37.5 Å². The largest absolute Gasteiger partial charge is 0.103 e. The van der Waals surface area contributed by atoms with Gasteiger partial charge in [-0.3, -0.25) is 0 Å². The van der Waals surface area contributed by atoms with Crippen molar-refractivity contribution in [3.8, 4) is 0 Å². The monoisotopic (exact) mass is 180 g/mol. The summed E-state index contributed by atoms with van der Waals surface area (Å²) in [6.07, 6.45) is 13.4. The normalized spacial score (nSPS) is 11.7. The van der Waals surface area contributed by atoms with E-state index < -0.39 is 0 Å². The van der Waals surface area contributed by atoms with Gasteiger partial charge >= 0.3 is 0 Å². The lowest BCUT2D eigenvalue weighted by Gasteiger charge is -2.03. The molecular formula is C13H24. The number of rotatable bonds is 8. The summed E-state index contributed by atoms with van der Waals surface area (Å²) in [6, 6.07) is 0. The van der Waals surface area contributed by atoms with Crippen LogP contribution >= 0.6 is 0 Å². The second-order valence-electron chi connectivity index (χ2n) is 3.54. The van der Waals surface area contributed by atoms with Gasteiger partial charge in [0.25, 0.3) is 0 Å². The van der Waals surface area contributed by atoms with Crippen LogP contribution in [0.3, 0.4) is 0 Å². The first kappa shape index (κ1) is 12.5. The van der Waals surface area contributed by atoms with Gasteiger partial charge < -0.3 is 0 Å². The second-order valence-corrected chi connectivity index (χ2v) is 3.54. The summed E-state index contributed by atoms with van der Waals surface area (Å²) in [5.41, 5.74) is 1.61. The molecule has 0 aromatic carbocycles. The zero-order valence-corrected chi connectivity index (χ0v) is 9.31. The standard InChI is InChI=1S/C13H24/c1-4-7-8-9-10-11-12-13(5-2)6-3/h4-5H,1,6-12H2,2-3H3. The van der Waals surface area contributed by atoms with Gasteiger partial charge in [0.15, 0.2) is 0 Å². The molecule has 0 spiro atoms. The van der Waals surface area contributed by atoms with Crippen LogP contribution in [-0.4, -0.2) is 0 Å². The molecule has 0 atom stereocenters. The Bertz CT molecular complexity index is 142. The fourth-order valence-corrected chi connectivity index (χ4v) is 1.52. The van der Waals surface area contributed by atoms with E-state index in [1.54, 1.807) is 5.57 Å². The first-order valence-corrected chi connectivity index (χ1v) is 5.60. The minimum Gasteiger partial charge on any atom is -0.103 e. The Morgan fingerprint density at radius 3 is 2.38 bits per heavy atom. The average molecular weight is 180 g/mol. The van der Waals surface area contributed by atoms with Gasteiger partial charge in [0.05, 0.1) is 0 Å². The maximum atomic E-state index is 3.72. The van der Waals surface area contributed by atoms with E-state index >= 15 is 0 Å². The van der Waals surface area contributed by atoms with Crippen molar-refractivity contribution in [2.24, 2.45) is 0 Å². The third-order valence-electron chi connectivity index (χ3n) is 2.52. The maximum absolute atomic E-state index is 3.72. The molecule has 0 unspecified atom stereocenters. The van der Waals surface area contributed by atoms with Crippen LogP contribution in [0.2, 0.25) is 0 Å². The second kappa shape index (κ2) is 9.57. The van der Waals surface area contributed by atoms with Crippen molar-refractivity contribution < 1.29 is 0 Å². The Kier molecular flexibility index (Phi) is 9.18. The van der Waals surface area contributed by atoms with E-state index in [2.05, 4.69) is 26.5 Å². The van der Waals surface area contributed by atoms with Crippen LogP contribution in [0.1, 0.15) is 58.8 Å². The van der Waals surface area contributed by atoms with Crippen LogP contribution in [0.5, 0.6) is 0 Å². The highest BCUT2D eigenvalue weighted by atomic mass is 14.0. The lowest BCUT2D eigenvalue weighted by Crippen LogP contribution is -1.83. The van der Waals surface area contributed by atoms with Gasteiger partial charge in [0, 0.05) is 0 Å². The van der Waals surface area contributed by atoms with Crippen molar-refractivity contribution in [1.29, 1.82) is 0 Å². The van der Waals surface area contributed by atoms with E-state index in [0.29, 0.717) is 0 Å². The minimum atomic E-state index is 1.18. The zero-order chi connectivity index (χ0) is 9.94. The molecule has 0 amide bonds. The summed E-state index contributed by atoms with van der Waals surface area (Å²) >= 11 is 0. The first-order valence-electron chi connectivity index (χ1n) is 5.60. The fourth-order valence-electron chi connectivity index (χ4n) is 1.52. The molecule has 0 saturated heterocycles. The topological polar surface area (TPSA) is 0 Å². The summed E-state index contributed by atoms with van der Waals surface area (Å²) in [6.45, 7) is 8.12. The minimum absolute atomic E-state index is 1.18. The van der Waals surface area contributed by atoms with Crippen LogP contribution in [0, 0.1) is 0 Å². The van der Waals surface area contributed by atoms with Crippen LogP contribution in [0.15, 0.2) is 24.3 Å². The molecule has 0 aromatic rings. The summed E-state index contributed by atoms with van der Waals surface area (Å²) in [4.78, 5) is 0. The van der Waals surface area contributed by atoms with E-state index in [0.717, 1.165) is 0 Å². The first-order chi connectivity index (χ1) is 6.35. The van der Waals surface area contributed by atoms with Crippen molar-refractivity contribution >= 4 is 0 Å². The Morgan fingerprint density at radius 2 is 1.85 bits per heavy atom. The van der Waals surface area contributed by atoms with E-state index in [1.165, 1.54) is 44.9 Å². The van der Waals surface area contributed by atoms with Crippen molar-refractivity contribution in [3.63, 3.8) is 0 Å². The molecule has 13 heavy (non-hydrogen) atoms. The van der Waals surface area contributed by atoms with Gasteiger partial charge in [-0.25, -0.2) is 0 Å². The Labute approximate surface area is 83.7 Å². The molecule has 0 heterocycles. The summed E-state index contributed by atoms with van der Waals surface area (Å²) < 4.78 is 0. The highest BCUT2D eigenvalue weighted by Crippen LogP contribution is 2.13. The predicted molar refractivity (Wildman–Crippen MR) is 61.9 cm³/mol. The number of unbranched alkanes of at least 4 members (excludes halogenated alkanes) is 4. The van der Waals surface area contributed by atoms with Crippen LogP contribution in [0.25, 0.3) is 0 Å². The molecule has 0 nitrogen and oxygen atoms in total. The van der Waals surface area contributed by atoms with Crippen molar-refractivity contribution in [1.82, 2.24) is 0 Å². The predicted octanol–water partition coefficient (Wildman–Crippen LogP) is 4.87. The summed E-state index contributed by atoms with van der Waals surface area (Å²) in [5, 5.41) is 0. The van der Waals surface area contributed by atoms with Gasteiger partial charge in [-0.05, 0) is 39.0 Å². The summed E-state index contributed by atoms with van der Waals surface area (Å²) in [5.74, 6) is 0. The van der Waals surface area contributed by atoms with Crippen molar-refractivity contribution in [3.05, 3.63) is 24.3 Å². The molecule has 0 saturated carbocycles. The molecule has 0 bridgehead atoms. The zero-order valence-electron chi connectivity index (χ0n) is 9.31. The van der Waals surface area contributed by atoms with Crippen molar-refractivity contribution in [2.75, 3.05) is 0 Å². The van der Waals surface area contributed by atoms with E-state index in [4.69, 9.17) is 0 Å². The maximum Gasteiger partial charge on any atom is -0.0321 e. The van der Waals surface area contributed by atoms with Crippen LogP contribution in [0.4, 0.5) is 0 Å². The van der Waals surface area contributed by atoms with Gasteiger partial charge in [0.1, 0.15) is 0 Å². The Hall–Kier alpha value is -0.520. The number of hydrogen-bond acceptors (Lipinski definition) is 0. The van der Waals surface area contributed by atoms with E-state index in [9.17, 15) is 0 Å². The SMILES string of the molecule is C=CCCCCCCC(=CC)CC. The van der Waals surface area contributed by atoms with Gasteiger partial charge in [-0.2, -0.15) is 0 Å². The molecule has 0 heteroatoms. The number of hydrogen-bond donors (Lipinski definition) is 0. The highest BCUT2D eigenvalue weighted by molar-refractivity contribution is 4.98. The average Bonchev–Trinajstić information content (AvgIpc) is 2.17.